The predicted octanol–water partition coefficient (Wildman–Crippen LogP) is 4.91. The Kier molecular flexibility index (Phi) is 5.90. The third-order valence-electron chi connectivity index (χ3n) is 5.28. The van der Waals surface area contributed by atoms with Crippen LogP contribution in [-0.2, 0) is 30.7 Å². The molecule has 0 spiro atoms. The molecule has 3 aromatic rings. The summed E-state index contributed by atoms with van der Waals surface area (Å²) in [6, 6.07) is 10.3. The van der Waals surface area contributed by atoms with Crippen molar-refractivity contribution in [1.29, 1.82) is 0 Å². The maximum atomic E-state index is 13.5. The fourth-order valence-electron chi connectivity index (χ4n) is 3.69. The topological polar surface area (TPSA) is 44.1 Å². The van der Waals surface area contributed by atoms with Gasteiger partial charge in [0, 0.05) is 17.8 Å². The molecule has 28 heavy (non-hydrogen) atoms. The van der Waals surface area contributed by atoms with Crippen molar-refractivity contribution in [3.05, 3.63) is 56.7 Å². The van der Waals surface area contributed by atoms with E-state index in [1.165, 1.54) is 16.0 Å². The molecule has 0 aliphatic carbocycles. The summed E-state index contributed by atoms with van der Waals surface area (Å²) in [6.07, 6.45) is 1.81. The molecule has 148 valence electrons. The van der Waals surface area contributed by atoms with Gasteiger partial charge in [0.1, 0.15) is 4.83 Å². The molecule has 0 bridgehead atoms. The summed E-state index contributed by atoms with van der Waals surface area (Å²) in [5, 5.41) is 1.65. The number of ether oxygens (including phenoxy) is 1. The number of benzene rings is 1. The zero-order valence-electron chi connectivity index (χ0n) is 16.6. The molecule has 0 N–H and O–H groups in total. The van der Waals surface area contributed by atoms with E-state index in [4.69, 9.17) is 9.72 Å². The molecule has 0 radical (unpaired) electrons. The highest BCUT2D eigenvalue weighted by atomic mass is 32.2. The van der Waals surface area contributed by atoms with Crippen LogP contribution in [-0.4, -0.2) is 21.4 Å². The van der Waals surface area contributed by atoms with Gasteiger partial charge in [0.2, 0.25) is 0 Å². The fraction of sp³-hybridized carbons (Fsp3) is 0.455. The number of thioether (sulfide) groups is 1. The van der Waals surface area contributed by atoms with Gasteiger partial charge >= 0.3 is 0 Å². The number of aromatic nitrogens is 2. The molecule has 4 nitrogen and oxygen atoms in total. The van der Waals surface area contributed by atoms with Gasteiger partial charge in [-0.3, -0.25) is 9.36 Å². The van der Waals surface area contributed by atoms with Crippen molar-refractivity contribution in [3.8, 4) is 0 Å². The van der Waals surface area contributed by atoms with E-state index >= 15 is 0 Å². The quantitative estimate of drug-likeness (QED) is 0.425. The van der Waals surface area contributed by atoms with Crippen LogP contribution in [0.2, 0.25) is 0 Å². The van der Waals surface area contributed by atoms with Crippen molar-refractivity contribution in [3.63, 3.8) is 0 Å². The van der Waals surface area contributed by atoms with Crippen LogP contribution in [0.5, 0.6) is 0 Å². The van der Waals surface area contributed by atoms with Gasteiger partial charge in [-0.25, -0.2) is 4.98 Å². The van der Waals surface area contributed by atoms with Crippen LogP contribution in [0.15, 0.2) is 40.3 Å². The lowest BCUT2D eigenvalue weighted by Crippen LogP contribution is -2.29. The van der Waals surface area contributed by atoms with E-state index in [0.29, 0.717) is 19.1 Å². The first kappa shape index (κ1) is 19.7. The largest absolute Gasteiger partial charge is 0.372 e. The average Bonchev–Trinajstić information content (AvgIpc) is 3.06. The molecule has 1 aliphatic rings. The first-order valence-corrected chi connectivity index (χ1v) is 11.7. The van der Waals surface area contributed by atoms with Crippen molar-refractivity contribution >= 4 is 33.3 Å². The van der Waals surface area contributed by atoms with Gasteiger partial charge in [0.25, 0.3) is 5.56 Å². The van der Waals surface area contributed by atoms with E-state index in [-0.39, 0.29) is 11.7 Å². The Labute approximate surface area is 174 Å². The van der Waals surface area contributed by atoms with Crippen LogP contribution in [0.4, 0.5) is 0 Å². The average molecular weight is 415 g/mol. The van der Waals surface area contributed by atoms with Crippen LogP contribution in [0.3, 0.4) is 0 Å². The van der Waals surface area contributed by atoms with Gasteiger partial charge < -0.3 is 4.74 Å². The molecular weight excluding hydrogens is 388 g/mol. The third-order valence-corrected chi connectivity index (χ3v) is 7.23. The van der Waals surface area contributed by atoms with Crippen molar-refractivity contribution in [2.75, 3.05) is 5.75 Å². The summed E-state index contributed by atoms with van der Waals surface area (Å²) in [4.78, 5) is 20.5. The van der Waals surface area contributed by atoms with E-state index in [1.807, 2.05) is 22.8 Å². The second-order valence-corrected chi connectivity index (χ2v) is 9.82. The zero-order valence-corrected chi connectivity index (χ0v) is 18.2. The van der Waals surface area contributed by atoms with Crippen molar-refractivity contribution in [2.24, 2.45) is 5.92 Å². The number of hydrogen-bond acceptors (Lipinski definition) is 5. The number of rotatable bonds is 6. The van der Waals surface area contributed by atoms with Gasteiger partial charge in [-0.15, -0.1) is 11.3 Å². The van der Waals surface area contributed by atoms with Gasteiger partial charge in [0.15, 0.2) is 5.16 Å². The molecule has 2 aromatic heterocycles. The molecule has 0 amide bonds. The number of fused-ring (bicyclic) bond motifs is 3. The van der Waals surface area contributed by atoms with E-state index in [0.717, 1.165) is 34.0 Å². The standard InChI is InChI=1S/C22H26N2O2S2/c1-4-27-22-23-20-19(16-12-17(14(2)3)26-13-18(16)28-20)21(25)24(22)11-10-15-8-6-5-7-9-15/h5-9,14,17H,4,10-13H2,1-3H3/t17-/m0/s1. The molecule has 0 saturated carbocycles. The summed E-state index contributed by atoms with van der Waals surface area (Å²) >= 11 is 3.27. The van der Waals surface area contributed by atoms with E-state index in [1.54, 1.807) is 23.1 Å². The first-order valence-electron chi connectivity index (χ1n) is 9.91. The maximum Gasteiger partial charge on any atom is 0.263 e. The van der Waals surface area contributed by atoms with E-state index in [2.05, 4.69) is 32.9 Å². The molecule has 0 saturated heterocycles. The zero-order chi connectivity index (χ0) is 19.7. The number of nitrogens with zero attached hydrogens (tertiary/aromatic N) is 2. The summed E-state index contributed by atoms with van der Waals surface area (Å²) < 4.78 is 7.90. The highest BCUT2D eigenvalue weighted by molar-refractivity contribution is 7.99. The highest BCUT2D eigenvalue weighted by Gasteiger charge is 2.28. The Morgan fingerprint density at radius 2 is 2.11 bits per heavy atom. The van der Waals surface area contributed by atoms with E-state index < -0.39 is 0 Å². The van der Waals surface area contributed by atoms with Crippen LogP contribution in [0, 0.1) is 5.92 Å². The Morgan fingerprint density at radius 3 is 2.82 bits per heavy atom. The van der Waals surface area contributed by atoms with Gasteiger partial charge in [-0.05, 0) is 29.2 Å². The molecular formula is C22H26N2O2S2. The highest BCUT2D eigenvalue weighted by Crippen LogP contribution is 2.35. The van der Waals surface area contributed by atoms with Gasteiger partial charge in [0.05, 0.1) is 18.1 Å². The molecule has 6 heteroatoms. The minimum atomic E-state index is 0.110. The van der Waals surface area contributed by atoms with Crippen LogP contribution in [0.1, 0.15) is 36.8 Å². The number of hydrogen-bond donors (Lipinski definition) is 0. The summed E-state index contributed by atoms with van der Waals surface area (Å²) in [6.45, 7) is 7.71. The molecule has 3 heterocycles. The maximum absolute atomic E-state index is 13.5. The number of thiophene rings is 1. The lowest BCUT2D eigenvalue weighted by atomic mass is 9.96. The van der Waals surface area contributed by atoms with Gasteiger partial charge in [-0.1, -0.05) is 62.9 Å². The Bertz CT molecular complexity index is 1020. The molecule has 0 unspecified atom stereocenters. The predicted molar refractivity (Wildman–Crippen MR) is 118 cm³/mol. The molecule has 0 fully saturated rings. The molecule has 1 atom stereocenters. The summed E-state index contributed by atoms with van der Waals surface area (Å²) in [7, 11) is 0. The van der Waals surface area contributed by atoms with Crippen LogP contribution < -0.4 is 5.56 Å². The fourth-order valence-corrected chi connectivity index (χ4v) is 5.61. The minimum Gasteiger partial charge on any atom is -0.372 e. The Hall–Kier alpha value is -1.63. The minimum absolute atomic E-state index is 0.110. The Balaban J connectivity index is 1.77. The lowest BCUT2D eigenvalue weighted by molar-refractivity contribution is 0.00200. The SMILES string of the molecule is CCSc1nc2sc3c(c2c(=O)n1CCc1ccccc1)C[C@@H](C(C)C)OC3. The summed E-state index contributed by atoms with van der Waals surface area (Å²) in [5.41, 5.74) is 2.52. The monoisotopic (exact) mass is 414 g/mol. The lowest BCUT2D eigenvalue weighted by Gasteiger charge is -2.26. The molecule has 1 aromatic carbocycles. The molecule has 4 rings (SSSR count). The second-order valence-electron chi connectivity index (χ2n) is 7.50. The normalized spacial score (nSPS) is 16.6. The second kappa shape index (κ2) is 8.39. The Morgan fingerprint density at radius 1 is 1.32 bits per heavy atom. The smallest absolute Gasteiger partial charge is 0.263 e. The van der Waals surface area contributed by atoms with Crippen molar-refractivity contribution < 1.29 is 4.74 Å². The van der Waals surface area contributed by atoms with Crippen LogP contribution >= 0.6 is 23.1 Å². The van der Waals surface area contributed by atoms with Crippen LogP contribution in [0.25, 0.3) is 10.2 Å². The number of aryl methyl sites for hydroxylation is 1. The van der Waals surface area contributed by atoms with E-state index in [9.17, 15) is 4.79 Å². The third kappa shape index (κ3) is 3.78. The van der Waals surface area contributed by atoms with Crippen molar-refractivity contribution in [2.45, 2.75) is 58.0 Å². The first-order chi connectivity index (χ1) is 13.6. The van der Waals surface area contributed by atoms with Crippen molar-refractivity contribution in [1.82, 2.24) is 9.55 Å². The summed E-state index contributed by atoms with van der Waals surface area (Å²) in [5.74, 6) is 1.33. The van der Waals surface area contributed by atoms with Gasteiger partial charge in [-0.2, -0.15) is 0 Å². The molecule has 1 aliphatic heterocycles.